The van der Waals surface area contributed by atoms with E-state index in [1.807, 2.05) is 65.2 Å². The summed E-state index contributed by atoms with van der Waals surface area (Å²) in [4.78, 5) is 0. The van der Waals surface area contributed by atoms with E-state index in [4.69, 9.17) is 4.74 Å². The SMILES string of the molecule is OC1=[N+](Cc2ccccc2)CCO[C@@H]1[C@@H](O)c1ccccc1. The third-order valence-electron chi connectivity index (χ3n) is 3.88. The van der Waals surface area contributed by atoms with Crippen molar-refractivity contribution in [2.45, 2.75) is 18.8 Å². The maximum atomic E-state index is 10.5. The van der Waals surface area contributed by atoms with Crippen molar-refractivity contribution in [2.75, 3.05) is 13.2 Å². The van der Waals surface area contributed by atoms with E-state index >= 15 is 0 Å². The summed E-state index contributed by atoms with van der Waals surface area (Å²) in [5, 5.41) is 20.9. The van der Waals surface area contributed by atoms with E-state index in [1.54, 1.807) is 0 Å². The van der Waals surface area contributed by atoms with Crippen LogP contribution in [0.5, 0.6) is 0 Å². The molecule has 114 valence electrons. The minimum Gasteiger partial charge on any atom is -0.461 e. The third-order valence-corrected chi connectivity index (χ3v) is 3.88. The lowest BCUT2D eigenvalue weighted by molar-refractivity contribution is -0.566. The van der Waals surface area contributed by atoms with E-state index in [0.29, 0.717) is 19.7 Å². The van der Waals surface area contributed by atoms with Gasteiger partial charge in [0.25, 0.3) is 0 Å². The van der Waals surface area contributed by atoms with Gasteiger partial charge in [0.05, 0.1) is 0 Å². The summed E-state index contributed by atoms with van der Waals surface area (Å²) in [6, 6.07) is 19.2. The number of hydrogen-bond donors (Lipinski definition) is 2. The van der Waals surface area contributed by atoms with Gasteiger partial charge in [-0.15, -0.1) is 0 Å². The van der Waals surface area contributed by atoms with E-state index < -0.39 is 12.2 Å². The van der Waals surface area contributed by atoms with E-state index in [0.717, 1.165) is 11.1 Å². The Morgan fingerprint density at radius 2 is 1.68 bits per heavy atom. The highest BCUT2D eigenvalue weighted by atomic mass is 16.5. The molecule has 2 aromatic carbocycles. The van der Waals surface area contributed by atoms with Gasteiger partial charge in [0.15, 0.2) is 13.1 Å². The van der Waals surface area contributed by atoms with Crippen LogP contribution >= 0.6 is 0 Å². The first-order valence-corrected chi connectivity index (χ1v) is 7.45. The van der Waals surface area contributed by atoms with E-state index in [2.05, 4.69) is 0 Å². The summed E-state index contributed by atoms with van der Waals surface area (Å²) in [5.74, 6) is 0.0893. The summed E-state index contributed by atoms with van der Waals surface area (Å²) in [5.41, 5.74) is 1.85. The van der Waals surface area contributed by atoms with Gasteiger partial charge in [-0.2, -0.15) is 4.58 Å². The zero-order valence-electron chi connectivity index (χ0n) is 12.3. The lowest BCUT2D eigenvalue weighted by Gasteiger charge is -2.24. The molecule has 0 amide bonds. The first kappa shape index (κ1) is 14.8. The first-order chi connectivity index (χ1) is 10.8. The molecule has 22 heavy (non-hydrogen) atoms. The summed E-state index contributed by atoms with van der Waals surface area (Å²) in [7, 11) is 0. The van der Waals surface area contributed by atoms with Gasteiger partial charge in [-0.25, -0.2) is 0 Å². The van der Waals surface area contributed by atoms with Gasteiger partial charge in [0.1, 0.15) is 12.7 Å². The molecular weight excluding hydrogens is 278 g/mol. The van der Waals surface area contributed by atoms with Crippen LogP contribution in [-0.4, -0.2) is 39.9 Å². The molecule has 2 aromatic rings. The Kier molecular flexibility index (Phi) is 4.51. The average molecular weight is 298 g/mol. The Balaban J connectivity index is 1.82. The number of aliphatic hydroxyl groups excluding tert-OH is 2. The molecule has 0 spiro atoms. The van der Waals surface area contributed by atoms with Gasteiger partial charge in [-0.05, 0) is 5.56 Å². The normalized spacial score (nSPS) is 20.0. The molecule has 1 aliphatic rings. The van der Waals surface area contributed by atoms with Crippen molar-refractivity contribution in [3.8, 4) is 0 Å². The van der Waals surface area contributed by atoms with E-state index in [9.17, 15) is 10.2 Å². The fraction of sp³-hybridized carbons (Fsp3) is 0.278. The van der Waals surface area contributed by atoms with Gasteiger partial charge in [0.2, 0.25) is 6.10 Å². The topological polar surface area (TPSA) is 52.7 Å². The van der Waals surface area contributed by atoms with Crippen LogP contribution in [0.4, 0.5) is 0 Å². The quantitative estimate of drug-likeness (QED) is 0.852. The molecule has 0 aromatic heterocycles. The maximum Gasteiger partial charge on any atom is 0.367 e. The Hall–Kier alpha value is -2.17. The highest BCUT2D eigenvalue weighted by molar-refractivity contribution is 5.75. The van der Waals surface area contributed by atoms with Crippen LogP contribution < -0.4 is 0 Å². The average Bonchev–Trinajstić information content (AvgIpc) is 2.58. The number of benzene rings is 2. The van der Waals surface area contributed by atoms with Crippen molar-refractivity contribution in [1.82, 2.24) is 0 Å². The summed E-state index contributed by atoms with van der Waals surface area (Å²) < 4.78 is 7.45. The van der Waals surface area contributed by atoms with Crippen LogP contribution in [0.3, 0.4) is 0 Å². The molecule has 2 atom stereocenters. The predicted molar refractivity (Wildman–Crippen MR) is 84.1 cm³/mol. The zero-order chi connectivity index (χ0) is 15.4. The molecule has 0 radical (unpaired) electrons. The maximum absolute atomic E-state index is 10.5. The lowest BCUT2D eigenvalue weighted by Crippen LogP contribution is -2.44. The van der Waals surface area contributed by atoms with Crippen LogP contribution in [0.2, 0.25) is 0 Å². The fourth-order valence-electron chi connectivity index (χ4n) is 2.68. The van der Waals surface area contributed by atoms with Crippen LogP contribution in [-0.2, 0) is 11.3 Å². The van der Waals surface area contributed by atoms with Gasteiger partial charge < -0.3 is 14.9 Å². The number of rotatable bonds is 4. The van der Waals surface area contributed by atoms with Gasteiger partial charge in [-0.1, -0.05) is 60.7 Å². The standard InChI is InChI=1S/C18H19NO3/c20-16(15-9-5-2-6-10-15)17-18(21)19(11-12-22-17)13-14-7-3-1-4-8-14/h1-10,16-17,20H,11-13H2/p+1/t16-,17+/m0/s1. The van der Waals surface area contributed by atoms with Crippen molar-refractivity contribution in [2.24, 2.45) is 0 Å². The highest BCUT2D eigenvalue weighted by Gasteiger charge is 2.37. The number of ether oxygens (including phenoxy) is 1. The smallest absolute Gasteiger partial charge is 0.367 e. The first-order valence-electron chi connectivity index (χ1n) is 7.45. The second-order valence-corrected chi connectivity index (χ2v) is 5.41. The molecule has 1 heterocycles. The number of aliphatic hydroxyl groups is 2. The fourth-order valence-corrected chi connectivity index (χ4v) is 2.68. The van der Waals surface area contributed by atoms with Crippen molar-refractivity contribution in [3.63, 3.8) is 0 Å². The van der Waals surface area contributed by atoms with Crippen molar-refractivity contribution >= 4 is 5.90 Å². The lowest BCUT2D eigenvalue weighted by atomic mass is 10.0. The van der Waals surface area contributed by atoms with E-state index in [-0.39, 0.29) is 5.90 Å². The summed E-state index contributed by atoms with van der Waals surface area (Å²) >= 11 is 0. The molecule has 0 unspecified atom stereocenters. The zero-order valence-corrected chi connectivity index (χ0v) is 12.3. The van der Waals surface area contributed by atoms with Gasteiger partial charge in [-0.3, -0.25) is 0 Å². The Labute approximate surface area is 129 Å². The van der Waals surface area contributed by atoms with Crippen LogP contribution in [0, 0.1) is 0 Å². The molecular formula is C18H20NO3+. The number of nitrogens with zero attached hydrogens (tertiary/aromatic N) is 1. The molecule has 0 fully saturated rings. The second-order valence-electron chi connectivity index (χ2n) is 5.41. The third kappa shape index (κ3) is 3.18. The van der Waals surface area contributed by atoms with Gasteiger partial charge >= 0.3 is 5.90 Å². The molecule has 0 bridgehead atoms. The predicted octanol–water partition coefficient (Wildman–Crippen LogP) is 2.29. The molecule has 1 aliphatic heterocycles. The largest absolute Gasteiger partial charge is 0.461 e. The van der Waals surface area contributed by atoms with Gasteiger partial charge in [0, 0.05) is 5.56 Å². The van der Waals surface area contributed by atoms with Crippen LogP contribution in [0.25, 0.3) is 0 Å². The van der Waals surface area contributed by atoms with Crippen molar-refractivity contribution in [3.05, 3.63) is 71.8 Å². The minimum atomic E-state index is -0.875. The van der Waals surface area contributed by atoms with Crippen molar-refractivity contribution in [1.29, 1.82) is 0 Å². The molecule has 2 N–H and O–H groups in total. The summed E-state index contributed by atoms with van der Waals surface area (Å²) in [6.07, 6.45) is -1.60. The molecule has 4 nitrogen and oxygen atoms in total. The highest BCUT2D eigenvalue weighted by Crippen LogP contribution is 2.21. The Morgan fingerprint density at radius 3 is 2.36 bits per heavy atom. The number of hydrogen-bond acceptors (Lipinski definition) is 2. The molecule has 0 saturated carbocycles. The molecule has 4 heteroatoms. The second kappa shape index (κ2) is 6.73. The van der Waals surface area contributed by atoms with Crippen molar-refractivity contribution < 1.29 is 19.5 Å². The van der Waals surface area contributed by atoms with E-state index in [1.165, 1.54) is 0 Å². The summed E-state index contributed by atoms with van der Waals surface area (Å²) in [6.45, 7) is 1.69. The van der Waals surface area contributed by atoms with Crippen LogP contribution in [0.15, 0.2) is 60.7 Å². The minimum absolute atomic E-state index is 0.0893. The molecule has 0 aliphatic carbocycles. The Morgan fingerprint density at radius 1 is 1.05 bits per heavy atom. The monoisotopic (exact) mass is 298 g/mol. The molecule has 3 rings (SSSR count). The Bertz CT molecular complexity index is 640. The van der Waals surface area contributed by atoms with Crippen LogP contribution in [0.1, 0.15) is 17.2 Å². The molecule has 0 saturated heterocycles.